The zero-order valence-electron chi connectivity index (χ0n) is 16.6. The fourth-order valence-electron chi connectivity index (χ4n) is 4.23. The molecule has 0 bridgehead atoms. The third-order valence-electron chi connectivity index (χ3n) is 5.66. The molecule has 0 saturated heterocycles. The van der Waals surface area contributed by atoms with Gasteiger partial charge in [-0.1, -0.05) is 29.3 Å². The van der Waals surface area contributed by atoms with E-state index in [1.807, 2.05) is 26.0 Å². The van der Waals surface area contributed by atoms with E-state index in [-0.39, 0.29) is 18.5 Å². The number of carbonyl (C=O) groups is 2. The summed E-state index contributed by atoms with van der Waals surface area (Å²) >= 11 is 3.62. The van der Waals surface area contributed by atoms with Gasteiger partial charge in [0.2, 0.25) is 6.79 Å². The van der Waals surface area contributed by atoms with Gasteiger partial charge in [0.25, 0.3) is 0 Å². The van der Waals surface area contributed by atoms with Gasteiger partial charge < -0.3 is 14.2 Å². The number of fused-ring (bicyclic) bond motifs is 1. The Kier molecular flexibility index (Phi) is 5.76. The van der Waals surface area contributed by atoms with E-state index in [1.165, 1.54) is 0 Å². The van der Waals surface area contributed by atoms with Gasteiger partial charge in [0, 0.05) is 33.8 Å². The Morgan fingerprint density at radius 1 is 1.28 bits per heavy atom. The molecule has 3 aliphatic rings. The Hall–Kier alpha value is -2.15. The van der Waals surface area contributed by atoms with Crippen LogP contribution in [0, 0.1) is 5.92 Å². The molecule has 154 valence electrons. The first-order chi connectivity index (χ1) is 14.0. The molecule has 29 heavy (non-hydrogen) atoms. The van der Waals surface area contributed by atoms with Crippen LogP contribution in [0.3, 0.4) is 0 Å². The highest BCUT2D eigenvalue weighted by molar-refractivity contribution is 9.10. The van der Waals surface area contributed by atoms with Gasteiger partial charge in [0.1, 0.15) is 5.92 Å². The Morgan fingerprint density at radius 2 is 2.03 bits per heavy atom. The topological polar surface area (TPSA) is 74.2 Å². The molecule has 0 saturated carbocycles. The molecule has 1 aromatic rings. The number of Topliss-reactive ketones (excluding diaryl/α,β-unsaturated/α-hetero) is 1. The zero-order valence-corrected chi connectivity index (χ0v) is 18.2. The summed E-state index contributed by atoms with van der Waals surface area (Å²) in [5.74, 6) is -0.0970. The van der Waals surface area contributed by atoms with Crippen molar-refractivity contribution in [2.75, 3.05) is 13.4 Å². The second kappa shape index (κ2) is 8.30. The van der Waals surface area contributed by atoms with Gasteiger partial charge in [-0.15, -0.1) is 0 Å². The Bertz CT molecular complexity index is 920. The Morgan fingerprint density at radius 3 is 2.79 bits per heavy atom. The molecular weight excluding hydrogens is 438 g/mol. The summed E-state index contributed by atoms with van der Waals surface area (Å²) in [5, 5.41) is 0. The van der Waals surface area contributed by atoms with Crippen LogP contribution in [-0.4, -0.2) is 30.9 Å². The third-order valence-corrected chi connectivity index (χ3v) is 6.34. The van der Waals surface area contributed by atoms with Gasteiger partial charge >= 0.3 is 5.97 Å². The average Bonchev–Trinajstić information content (AvgIpc) is 3.13. The lowest BCUT2D eigenvalue weighted by Crippen LogP contribution is -2.37. The van der Waals surface area contributed by atoms with Crippen molar-refractivity contribution in [3.63, 3.8) is 0 Å². The molecule has 1 aromatic carbocycles. The molecule has 4 rings (SSSR count). The van der Waals surface area contributed by atoms with Crippen LogP contribution in [0.25, 0.3) is 0 Å². The van der Waals surface area contributed by atoms with Crippen LogP contribution in [-0.2, 0) is 14.3 Å². The number of halogens is 1. The van der Waals surface area contributed by atoms with Crippen molar-refractivity contribution < 1.29 is 23.8 Å². The van der Waals surface area contributed by atoms with Crippen molar-refractivity contribution in [1.82, 2.24) is 0 Å². The smallest absolute Gasteiger partial charge is 0.315 e. The predicted molar refractivity (Wildman–Crippen MR) is 111 cm³/mol. The van der Waals surface area contributed by atoms with Gasteiger partial charge in [-0.3, -0.25) is 14.6 Å². The lowest BCUT2D eigenvalue weighted by Gasteiger charge is -2.35. The minimum atomic E-state index is -0.635. The molecule has 0 aromatic heterocycles. The lowest BCUT2D eigenvalue weighted by atomic mass is 9.71. The van der Waals surface area contributed by atoms with Crippen molar-refractivity contribution in [1.29, 1.82) is 0 Å². The van der Waals surface area contributed by atoms with E-state index in [0.29, 0.717) is 35.8 Å². The van der Waals surface area contributed by atoms with E-state index in [9.17, 15) is 9.59 Å². The molecule has 0 N–H and O–H groups in total. The Labute approximate surface area is 178 Å². The van der Waals surface area contributed by atoms with Crippen LogP contribution in [0.4, 0.5) is 0 Å². The highest BCUT2D eigenvalue weighted by Gasteiger charge is 2.44. The molecule has 0 spiro atoms. The first-order valence-electron chi connectivity index (χ1n) is 10.1. The van der Waals surface area contributed by atoms with Gasteiger partial charge in [-0.2, -0.15) is 0 Å². The summed E-state index contributed by atoms with van der Waals surface area (Å²) in [6.07, 6.45) is 3.75. The first-order valence-corrected chi connectivity index (χ1v) is 10.9. The number of rotatable bonds is 5. The summed E-state index contributed by atoms with van der Waals surface area (Å²) in [6, 6.07) is 3.71. The number of unbranched alkanes of at least 4 members (excludes halogenated alkanes) is 1. The minimum absolute atomic E-state index is 0.0587. The fraction of sp³-hybridized carbons (Fsp3) is 0.500. The number of nitrogens with zero attached hydrogens (tertiary/aromatic N) is 1. The van der Waals surface area contributed by atoms with Crippen molar-refractivity contribution in [2.24, 2.45) is 10.9 Å². The molecule has 7 heteroatoms. The summed E-state index contributed by atoms with van der Waals surface area (Å²) in [7, 11) is 0. The highest BCUT2D eigenvalue weighted by atomic mass is 79.9. The molecular formula is C22H24BrNO5. The van der Waals surface area contributed by atoms with Crippen LogP contribution >= 0.6 is 15.9 Å². The molecule has 2 atom stereocenters. The maximum Gasteiger partial charge on any atom is 0.315 e. The van der Waals surface area contributed by atoms with Crippen LogP contribution in [0.2, 0.25) is 0 Å². The number of ether oxygens (including phenoxy) is 3. The van der Waals surface area contributed by atoms with Crippen LogP contribution in [0.1, 0.15) is 57.4 Å². The van der Waals surface area contributed by atoms with Gasteiger partial charge in [0.15, 0.2) is 17.3 Å². The number of benzene rings is 1. The summed E-state index contributed by atoms with van der Waals surface area (Å²) < 4.78 is 17.4. The predicted octanol–water partition coefficient (Wildman–Crippen LogP) is 4.70. The van der Waals surface area contributed by atoms with Crippen molar-refractivity contribution in [2.45, 2.75) is 51.9 Å². The van der Waals surface area contributed by atoms with Crippen LogP contribution in [0.15, 0.2) is 32.9 Å². The monoisotopic (exact) mass is 461 g/mol. The SMILES string of the molecule is CCCCOC(=O)C1C(C)=NC2=C(C(=O)CCC2)[C@H]1c1cc2c(cc1Br)OCO2. The van der Waals surface area contributed by atoms with E-state index in [0.717, 1.165) is 41.4 Å². The maximum atomic E-state index is 13.1. The van der Waals surface area contributed by atoms with Crippen molar-refractivity contribution in [3.8, 4) is 11.5 Å². The largest absolute Gasteiger partial charge is 0.465 e. The normalized spacial score (nSPS) is 23.0. The molecule has 0 amide bonds. The third kappa shape index (κ3) is 3.72. The quantitative estimate of drug-likeness (QED) is 0.469. The molecule has 0 radical (unpaired) electrons. The molecule has 6 nitrogen and oxygen atoms in total. The van der Waals surface area contributed by atoms with Gasteiger partial charge in [-0.05, 0) is 43.9 Å². The lowest BCUT2D eigenvalue weighted by molar-refractivity contribution is -0.146. The van der Waals surface area contributed by atoms with E-state index in [4.69, 9.17) is 14.2 Å². The second-order valence-electron chi connectivity index (χ2n) is 7.59. The minimum Gasteiger partial charge on any atom is -0.465 e. The van der Waals surface area contributed by atoms with Gasteiger partial charge in [0.05, 0.1) is 6.61 Å². The first kappa shape index (κ1) is 20.1. The van der Waals surface area contributed by atoms with E-state index in [1.54, 1.807) is 0 Å². The summed E-state index contributed by atoms with van der Waals surface area (Å²) in [4.78, 5) is 30.7. The average molecular weight is 462 g/mol. The fourth-order valence-corrected chi connectivity index (χ4v) is 4.79. The second-order valence-corrected chi connectivity index (χ2v) is 8.45. The molecule has 0 fully saturated rings. The highest BCUT2D eigenvalue weighted by Crippen LogP contribution is 2.48. The number of ketones is 1. The number of aliphatic imine (C=N–C) groups is 1. The number of carbonyl (C=O) groups excluding carboxylic acids is 2. The number of hydrogen-bond acceptors (Lipinski definition) is 6. The van der Waals surface area contributed by atoms with Crippen LogP contribution < -0.4 is 9.47 Å². The number of esters is 1. The Balaban J connectivity index is 1.81. The summed E-state index contributed by atoms with van der Waals surface area (Å²) in [6.45, 7) is 4.42. The van der Waals surface area contributed by atoms with Crippen LogP contribution in [0.5, 0.6) is 11.5 Å². The number of hydrogen-bond donors (Lipinski definition) is 0. The summed E-state index contributed by atoms with van der Waals surface area (Å²) in [5.41, 5.74) is 2.95. The van der Waals surface area contributed by atoms with E-state index >= 15 is 0 Å². The maximum absolute atomic E-state index is 13.1. The van der Waals surface area contributed by atoms with Gasteiger partial charge in [-0.25, -0.2) is 0 Å². The molecule has 2 aliphatic heterocycles. The number of allylic oxidation sites excluding steroid dienone is 2. The van der Waals surface area contributed by atoms with E-state index in [2.05, 4.69) is 20.9 Å². The standard InChI is InChI=1S/C22H24BrNO5/c1-3-4-8-27-22(26)19-12(2)24-15-6-5-7-16(25)21(15)20(19)13-9-17-18(10-14(13)23)29-11-28-17/h9-10,19-20H,3-8,11H2,1-2H3/t19?,20-/m0/s1. The van der Waals surface area contributed by atoms with Crippen molar-refractivity contribution in [3.05, 3.63) is 33.4 Å². The molecule has 1 aliphatic carbocycles. The zero-order chi connectivity index (χ0) is 20.5. The van der Waals surface area contributed by atoms with E-state index < -0.39 is 11.8 Å². The molecule has 2 heterocycles. The van der Waals surface area contributed by atoms with Crippen molar-refractivity contribution >= 4 is 33.4 Å². The molecule has 1 unspecified atom stereocenters.